The first-order valence-corrected chi connectivity index (χ1v) is 5.98. The summed E-state index contributed by atoms with van der Waals surface area (Å²) < 4.78 is 5.13. The van der Waals surface area contributed by atoms with Crippen molar-refractivity contribution >= 4 is 17.2 Å². The average molecular weight is 272 g/mol. The number of benzene rings is 1. The van der Waals surface area contributed by atoms with Crippen molar-refractivity contribution in [1.82, 2.24) is 4.98 Å². The van der Waals surface area contributed by atoms with E-state index in [1.807, 2.05) is 42.3 Å². The Kier molecular flexibility index (Phi) is 4.05. The number of oxime groups is 1. The monoisotopic (exact) mass is 272 g/mol. The Morgan fingerprint density at radius 3 is 2.60 bits per heavy atom. The summed E-state index contributed by atoms with van der Waals surface area (Å²) >= 11 is 0. The molecule has 2 rings (SSSR count). The lowest BCUT2D eigenvalue weighted by atomic mass is 10.2. The Balaban J connectivity index is 2.39. The van der Waals surface area contributed by atoms with Crippen LogP contribution < -0.4 is 15.4 Å². The molecule has 6 nitrogen and oxygen atoms in total. The lowest BCUT2D eigenvalue weighted by Gasteiger charge is -2.21. The van der Waals surface area contributed by atoms with Crippen molar-refractivity contribution in [2.24, 2.45) is 10.9 Å². The Morgan fingerprint density at radius 1 is 1.30 bits per heavy atom. The third kappa shape index (κ3) is 2.64. The second-order valence-corrected chi connectivity index (χ2v) is 4.11. The molecule has 1 aromatic heterocycles. The number of methoxy groups -OCH3 is 1. The van der Waals surface area contributed by atoms with Gasteiger partial charge in [-0.3, -0.25) is 4.98 Å². The molecule has 0 unspecified atom stereocenters. The van der Waals surface area contributed by atoms with E-state index in [1.165, 1.54) is 0 Å². The Hall–Kier alpha value is -2.76. The molecule has 1 aromatic carbocycles. The largest absolute Gasteiger partial charge is 0.497 e. The molecule has 0 radical (unpaired) electrons. The molecule has 0 fully saturated rings. The minimum absolute atomic E-state index is 0.0269. The molecule has 0 amide bonds. The molecule has 104 valence electrons. The van der Waals surface area contributed by atoms with Gasteiger partial charge in [0.1, 0.15) is 11.4 Å². The standard InChI is InChI=1S/C14H16N4O2/c1-18(10-5-7-11(20-2)8-6-10)12-4-3-9-16-13(12)14(15)17-19/h3-9,19H,1-2H3,(H2,15,17). The Morgan fingerprint density at radius 2 is 2.00 bits per heavy atom. The topological polar surface area (TPSA) is 84.0 Å². The van der Waals surface area contributed by atoms with Crippen molar-refractivity contribution in [3.05, 3.63) is 48.3 Å². The lowest BCUT2D eigenvalue weighted by Crippen LogP contribution is -2.20. The molecule has 6 heteroatoms. The second kappa shape index (κ2) is 5.92. The maximum atomic E-state index is 8.82. The van der Waals surface area contributed by atoms with Gasteiger partial charge in [0, 0.05) is 18.9 Å². The minimum Gasteiger partial charge on any atom is -0.497 e. The Labute approximate surface area is 117 Å². The molecule has 0 aliphatic heterocycles. The van der Waals surface area contributed by atoms with Gasteiger partial charge >= 0.3 is 0 Å². The van der Waals surface area contributed by atoms with Crippen LogP contribution in [0.25, 0.3) is 0 Å². The summed E-state index contributed by atoms with van der Waals surface area (Å²) in [5.41, 5.74) is 7.75. The quantitative estimate of drug-likeness (QED) is 0.384. The zero-order valence-corrected chi connectivity index (χ0v) is 11.3. The van der Waals surface area contributed by atoms with E-state index in [4.69, 9.17) is 15.7 Å². The van der Waals surface area contributed by atoms with Gasteiger partial charge in [-0.15, -0.1) is 0 Å². The molecule has 0 atom stereocenters. The maximum Gasteiger partial charge on any atom is 0.190 e. The number of nitrogens with two attached hydrogens (primary N) is 1. The Bertz CT molecular complexity index is 611. The number of pyridine rings is 1. The normalized spacial score (nSPS) is 11.2. The highest BCUT2D eigenvalue weighted by atomic mass is 16.5. The van der Waals surface area contributed by atoms with Gasteiger partial charge in [-0.1, -0.05) is 5.16 Å². The van der Waals surface area contributed by atoms with Crippen molar-refractivity contribution in [2.75, 3.05) is 19.1 Å². The number of nitrogens with zero attached hydrogens (tertiary/aromatic N) is 3. The predicted molar refractivity (Wildman–Crippen MR) is 77.8 cm³/mol. The first kappa shape index (κ1) is 13.7. The number of amidine groups is 1. The van der Waals surface area contributed by atoms with Crippen LogP contribution in [-0.2, 0) is 0 Å². The third-order valence-electron chi connectivity index (χ3n) is 2.96. The highest BCUT2D eigenvalue weighted by Crippen LogP contribution is 2.27. The van der Waals surface area contributed by atoms with Crippen molar-refractivity contribution in [2.45, 2.75) is 0 Å². The summed E-state index contributed by atoms with van der Waals surface area (Å²) in [5.74, 6) is 0.756. The third-order valence-corrected chi connectivity index (χ3v) is 2.96. The summed E-state index contributed by atoms with van der Waals surface area (Å²) in [6, 6.07) is 11.2. The lowest BCUT2D eigenvalue weighted by molar-refractivity contribution is 0.318. The van der Waals surface area contributed by atoms with Crippen molar-refractivity contribution in [3.8, 4) is 5.75 Å². The molecule has 1 heterocycles. The predicted octanol–water partition coefficient (Wildman–Crippen LogP) is 1.95. The van der Waals surface area contributed by atoms with Crippen LogP contribution in [0.3, 0.4) is 0 Å². The van der Waals surface area contributed by atoms with Crippen LogP contribution >= 0.6 is 0 Å². The fourth-order valence-corrected chi connectivity index (χ4v) is 1.86. The zero-order chi connectivity index (χ0) is 14.5. The number of aromatic nitrogens is 1. The summed E-state index contributed by atoms with van der Waals surface area (Å²) in [7, 11) is 3.50. The number of anilines is 2. The first-order valence-electron chi connectivity index (χ1n) is 5.98. The zero-order valence-electron chi connectivity index (χ0n) is 11.3. The van der Waals surface area contributed by atoms with E-state index < -0.39 is 0 Å². The first-order chi connectivity index (χ1) is 9.67. The molecule has 0 saturated heterocycles. The van der Waals surface area contributed by atoms with Crippen LogP contribution in [0.15, 0.2) is 47.8 Å². The van der Waals surface area contributed by atoms with Gasteiger partial charge in [0.25, 0.3) is 0 Å². The fourth-order valence-electron chi connectivity index (χ4n) is 1.86. The van der Waals surface area contributed by atoms with Crippen LogP contribution in [0, 0.1) is 0 Å². The van der Waals surface area contributed by atoms with Gasteiger partial charge in [-0.25, -0.2) is 0 Å². The number of rotatable bonds is 4. The van der Waals surface area contributed by atoms with Gasteiger partial charge in [-0.05, 0) is 36.4 Å². The van der Waals surface area contributed by atoms with Gasteiger partial charge < -0.3 is 20.6 Å². The average Bonchev–Trinajstić information content (AvgIpc) is 2.53. The molecule has 0 aliphatic carbocycles. The fraction of sp³-hybridized carbons (Fsp3) is 0.143. The van der Waals surface area contributed by atoms with Gasteiger partial charge in [0.15, 0.2) is 5.84 Å². The number of ether oxygens (including phenoxy) is 1. The summed E-state index contributed by atoms with van der Waals surface area (Å²) in [6.45, 7) is 0. The minimum atomic E-state index is -0.0269. The van der Waals surface area contributed by atoms with Gasteiger partial charge in [0.2, 0.25) is 0 Å². The summed E-state index contributed by atoms with van der Waals surface area (Å²) in [4.78, 5) is 6.05. The van der Waals surface area contributed by atoms with E-state index in [-0.39, 0.29) is 5.84 Å². The van der Waals surface area contributed by atoms with Crippen LogP contribution in [0.2, 0.25) is 0 Å². The van der Waals surface area contributed by atoms with Crippen LogP contribution in [0.1, 0.15) is 5.69 Å². The highest BCUT2D eigenvalue weighted by molar-refractivity contribution is 6.00. The molecule has 0 bridgehead atoms. The molecule has 2 aromatic rings. The van der Waals surface area contributed by atoms with Crippen molar-refractivity contribution in [1.29, 1.82) is 0 Å². The van der Waals surface area contributed by atoms with E-state index in [9.17, 15) is 0 Å². The van der Waals surface area contributed by atoms with Crippen LogP contribution in [0.4, 0.5) is 11.4 Å². The van der Waals surface area contributed by atoms with E-state index in [1.54, 1.807) is 19.4 Å². The van der Waals surface area contributed by atoms with E-state index in [0.717, 1.165) is 17.1 Å². The maximum absolute atomic E-state index is 8.82. The van der Waals surface area contributed by atoms with Gasteiger partial charge in [0.05, 0.1) is 12.8 Å². The molecule has 3 N–H and O–H groups in total. The molecule has 0 spiro atoms. The summed E-state index contributed by atoms with van der Waals surface area (Å²) in [6.07, 6.45) is 1.60. The number of hydrogen-bond acceptors (Lipinski definition) is 5. The van der Waals surface area contributed by atoms with Crippen molar-refractivity contribution < 1.29 is 9.94 Å². The van der Waals surface area contributed by atoms with E-state index >= 15 is 0 Å². The molecule has 0 aliphatic rings. The highest BCUT2D eigenvalue weighted by Gasteiger charge is 2.13. The van der Waals surface area contributed by atoms with Crippen LogP contribution in [-0.4, -0.2) is 30.2 Å². The molecular weight excluding hydrogens is 256 g/mol. The molecule has 20 heavy (non-hydrogen) atoms. The smallest absolute Gasteiger partial charge is 0.190 e. The van der Waals surface area contributed by atoms with Crippen LogP contribution in [0.5, 0.6) is 5.75 Å². The van der Waals surface area contributed by atoms with Crippen molar-refractivity contribution in [3.63, 3.8) is 0 Å². The molecule has 0 saturated carbocycles. The second-order valence-electron chi connectivity index (χ2n) is 4.11. The number of hydrogen-bond donors (Lipinski definition) is 2. The SMILES string of the molecule is COc1ccc(N(C)c2cccnc2/C(N)=N/O)cc1. The summed E-state index contributed by atoms with van der Waals surface area (Å²) in [5, 5.41) is 11.8. The van der Waals surface area contributed by atoms with E-state index in [0.29, 0.717) is 5.69 Å². The van der Waals surface area contributed by atoms with Gasteiger partial charge in [-0.2, -0.15) is 0 Å². The molecular formula is C14H16N4O2. The van der Waals surface area contributed by atoms with E-state index in [2.05, 4.69) is 10.1 Å².